The lowest BCUT2D eigenvalue weighted by Crippen LogP contribution is -2.08. The number of aryl methyl sites for hydroxylation is 1. The van der Waals surface area contributed by atoms with Gasteiger partial charge in [0.1, 0.15) is 5.82 Å². The molecular weight excluding hydrogens is 279 g/mol. The van der Waals surface area contributed by atoms with E-state index in [1.165, 1.54) is 6.07 Å². The van der Waals surface area contributed by atoms with Gasteiger partial charge in [-0.3, -0.25) is 4.79 Å². The van der Waals surface area contributed by atoms with E-state index in [-0.39, 0.29) is 18.2 Å². The standard InChI is InChI=1S/C16H14ClFO2/c1-10-7-12(5-6-15(10)18)14(9-16(19)20)11-3-2-4-13(17)8-11/h2-8,14H,9H2,1H3,(H,19,20). The molecule has 1 atom stereocenters. The van der Waals surface area contributed by atoms with Gasteiger partial charge in [0.05, 0.1) is 6.42 Å². The van der Waals surface area contributed by atoms with Crippen LogP contribution >= 0.6 is 11.6 Å². The second kappa shape index (κ2) is 6.06. The van der Waals surface area contributed by atoms with Crippen molar-refractivity contribution in [2.24, 2.45) is 0 Å². The van der Waals surface area contributed by atoms with Crippen LogP contribution in [0, 0.1) is 12.7 Å². The topological polar surface area (TPSA) is 37.3 Å². The van der Waals surface area contributed by atoms with Gasteiger partial charge in [0.2, 0.25) is 0 Å². The van der Waals surface area contributed by atoms with Crippen LogP contribution in [-0.2, 0) is 4.79 Å². The third-order valence-electron chi connectivity index (χ3n) is 3.21. The van der Waals surface area contributed by atoms with E-state index >= 15 is 0 Å². The van der Waals surface area contributed by atoms with Crippen molar-refractivity contribution in [3.63, 3.8) is 0 Å². The fourth-order valence-electron chi connectivity index (χ4n) is 2.21. The van der Waals surface area contributed by atoms with Crippen molar-refractivity contribution in [1.29, 1.82) is 0 Å². The van der Waals surface area contributed by atoms with E-state index in [1.54, 1.807) is 37.3 Å². The molecule has 0 aromatic heterocycles. The van der Waals surface area contributed by atoms with E-state index in [1.807, 2.05) is 6.07 Å². The molecule has 20 heavy (non-hydrogen) atoms. The molecule has 0 saturated carbocycles. The number of hydrogen-bond acceptors (Lipinski definition) is 1. The van der Waals surface area contributed by atoms with Crippen molar-refractivity contribution in [3.05, 3.63) is 70.0 Å². The first-order valence-corrected chi connectivity index (χ1v) is 6.58. The Kier molecular flexibility index (Phi) is 4.40. The number of hydrogen-bond donors (Lipinski definition) is 1. The largest absolute Gasteiger partial charge is 0.481 e. The molecule has 0 spiro atoms. The number of rotatable bonds is 4. The molecule has 1 unspecified atom stereocenters. The molecule has 0 radical (unpaired) electrons. The van der Waals surface area contributed by atoms with Gasteiger partial charge in [-0.2, -0.15) is 0 Å². The molecule has 0 aliphatic carbocycles. The summed E-state index contributed by atoms with van der Waals surface area (Å²) in [7, 11) is 0. The Morgan fingerprint density at radius 1 is 1.25 bits per heavy atom. The quantitative estimate of drug-likeness (QED) is 0.907. The first-order valence-electron chi connectivity index (χ1n) is 6.20. The molecule has 2 rings (SSSR count). The Morgan fingerprint density at radius 2 is 1.95 bits per heavy atom. The zero-order chi connectivity index (χ0) is 14.7. The molecule has 0 saturated heterocycles. The number of carboxylic acid groups (broad SMARTS) is 1. The lowest BCUT2D eigenvalue weighted by molar-refractivity contribution is -0.137. The average Bonchev–Trinajstić information content (AvgIpc) is 2.39. The van der Waals surface area contributed by atoms with Crippen LogP contribution in [0.25, 0.3) is 0 Å². The second-order valence-corrected chi connectivity index (χ2v) is 5.15. The Labute approximate surface area is 121 Å². The van der Waals surface area contributed by atoms with Crippen LogP contribution in [0.5, 0.6) is 0 Å². The number of benzene rings is 2. The molecule has 1 N–H and O–H groups in total. The fraction of sp³-hybridized carbons (Fsp3) is 0.188. The molecule has 0 amide bonds. The molecule has 0 heterocycles. The van der Waals surface area contributed by atoms with Crippen molar-refractivity contribution < 1.29 is 14.3 Å². The lowest BCUT2D eigenvalue weighted by atomic mass is 9.88. The van der Waals surface area contributed by atoms with Gasteiger partial charge < -0.3 is 5.11 Å². The first-order chi connectivity index (χ1) is 9.47. The average molecular weight is 293 g/mol. The smallest absolute Gasteiger partial charge is 0.304 e. The predicted octanol–water partition coefficient (Wildman–Crippen LogP) is 4.39. The third-order valence-corrected chi connectivity index (χ3v) is 3.45. The molecule has 2 aromatic carbocycles. The van der Waals surface area contributed by atoms with Crippen LogP contribution in [0.15, 0.2) is 42.5 Å². The molecular formula is C16H14ClFO2. The molecule has 0 bridgehead atoms. The van der Waals surface area contributed by atoms with Gasteiger partial charge in [0, 0.05) is 10.9 Å². The van der Waals surface area contributed by atoms with Crippen molar-refractivity contribution in [2.45, 2.75) is 19.3 Å². The maximum atomic E-state index is 13.4. The van der Waals surface area contributed by atoms with E-state index in [4.69, 9.17) is 16.7 Å². The molecule has 2 aromatic rings. The summed E-state index contributed by atoms with van der Waals surface area (Å²) in [6, 6.07) is 11.8. The third kappa shape index (κ3) is 3.36. The molecule has 4 heteroatoms. The van der Waals surface area contributed by atoms with Crippen molar-refractivity contribution in [2.75, 3.05) is 0 Å². The van der Waals surface area contributed by atoms with E-state index < -0.39 is 5.97 Å². The zero-order valence-corrected chi connectivity index (χ0v) is 11.7. The van der Waals surface area contributed by atoms with E-state index in [2.05, 4.69) is 0 Å². The van der Waals surface area contributed by atoms with Crippen LogP contribution in [0.2, 0.25) is 5.02 Å². The number of carboxylic acids is 1. The van der Waals surface area contributed by atoms with Gasteiger partial charge >= 0.3 is 5.97 Å². The Hall–Kier alpha value is -1.87. The molecule has 104 valence electrons. The summed E-state index contributed by atoms with van der Waals surface area (Å²) in [6.45, 7) is 1.66. The van der Waals surface area contributed by atoms with Crippen LogP contribution in [0.3, 0.4) is 0 Å². The van der Waals surface area contributed by atoms with Crippen molar-refractivity contribution in [3.8, 4) is 0 Å². The molecule has 0 aliphatic heterocycles. The summed E-state index contributed by atoms with van der Waals surface area (Å²) in [4.78, 5) is 11.1. The van der Waals surface area contributed by atoms with Crippen LogP contribution in [0.1, 0.15) is 29.0 Å². The first kappa shape index (κ1) is 14.5. The minimum atomic E-state index is -0.906. The van der Waals surface area contributed by atoms with E-state index in [9.17, 15) is 9.18 Å². The summed E-state index contributed by atoms with van der Waals surface area (Å²) in [6.07, 6.45) is -0.0641. The molecule has 0 aliphatic rings. The van der Waals surface area contributed by atoms with Gasteiger partial charge in [0.15, 0.2) is 0 Å². The Bertz CT molecular complexity index is 640. The Morgan fingerprint density at radius 3 is 2.55 bits per heavy atom. The highest BCUT2D eigenvalue weighted by atomic mass is 35.5. The summed E-state index contributed by atoms with van der Waals surface area (Å²) < 4.78 is 13.4. The van der Waals surface area contributed by atoms with Gasteiger partial charge in [0.25, 0.3) is 0 Å². The summed E-state index contributed by atoms with van der Waals surface area (Å²) in [5.41, 5.74) is 2.08. The Balaban J connectivity index is 2.46. The minimum absolute atomic E-state index is 0.0641. The SMILES string of the molecule is Cc1cc(C(CC(=O)O)c2cccc(Cl)c2)ccc1F. The highest BCUT2D eigenvalue weighted by Crippen LogP contribution is 2.30. The van der Waals surface area contributed by atoms with Gasteiger partial charge in [-0.1, -0.05) is 35.9 Å². The lowest BCUT2D eigenvalue weighted by Gasteiger charge is -2.17. The number of halogens is 2. The summed E-state index contributed by atoms with van der Waals surface area (Å²) >= 11 is 5.96. The van der Waals surface area contributed by atoms with Gasteiger partial charge in [-0.25, -0.2) is 4.39 Å². The maximum Gasteiger partial charge on any atom is 0.304 e. The predicted molar refractivity (Wildman–Crippen MR) is 76.7 cm³/mol. The van der Waals surface area contributed by atoms with Gasteiger partial charge in [-0.15, -0.1) is 0 Å². The van der Waals surface area contributed by atoms with Crippen molar-refractivity contribution >= 4 is 17.6 Å². The maximum absolute atomic E-state index is 13.4. The van der Waals surface area contributed by atoms with E-state index in [0.717, 1.165) is 11.1 Å². The van der Waals surface area contributed by atoms with Crippen LogP contribution in [0.4, 0.5) is 4.39 Å². The minimum Gasteiger partial charge on any atom is -0.481 e. The summed E-state index contributed by atoms with van der Waals surface area (Å²) in [5.74, 6) is -1.55. The molecule has 2 nitrogen and oxygen atoms in total. The normalized spacial score (nSPS) is 12.2. The highest BCUT2D eigenvalue weighted by Gasteiger charge is 2.19. The fourth-order valence-corrected chi connectivity index (χ4v) is 2.41. The zero-order valence-electron chi connectivity index (χ0n) is 10.9. The molecule has 0 fully saturated rings. The van der Waals surface area contributed by atoms with Gasteiger partial charge in [-0.05, 0) is 41.8 Å². The monoisotopic (exact) mass is 292 g/mol. The number of carbonyl (C=O) groups is 1. The second-order valence-electron chi connectivity index (χ2n) is 4.71. The summed E-state index contributed by atoms with van der Waals surface area (Å²) in [5, 5.41) is 9.65. The van der Waals surface area contributed by atoms with E-state index in [0.29, 0.717) is 10.6 Å². The van der Waals surface area contributed by atoms with Crippen molar-refractivity contribution in [1.82, 2.24) is 0 Å². The number of aliphatic carboxylic acids is 1. The van der Waals surface area contributed by atoms with Crippen LogP contribution < -0.4 is 0 Å². The van der Waals surface area contributed by atoms with Crippen LogP contribution in [-0.4, -0.2) is 11.1 Å². The highest BCUT2D eigenvalue weighted by molar-refractivity contribution is 6.30.